The number of aromatic nitrogens is 1. The predicted octanol–water partition coefficient (Wildman–Crippen LogP) is 2.72. The molecule has 0 unspecified atom stereocenters. The number of urea groups is 1. The molecular formula is C20H30N4O3S. The van der Waals surface area contributed by atoms with Crippen molar-refractivity contribution in [2.75, 3.05) is 32.7 Å². The summed E-state index contributed by atoms with van der Waals surface area (Å²) in [7, 11) is -3.58. The van der Waals surface area contributed by atoms with Gasteiger partial charge in [0.15, 0.2) is 0 Å². The number of nitrogens with zero attached hydrogens (tertiary/aromatic N) is 3. The third-order valence-electron chi connectivity index (χ3n) is 5.12. The minimum atomic E-state index is -3.58. The van der Waals surface area contributed by atoms with Gasteiger partial charge >= 0.3 is 6.03 Å². The topological polar surface area (TPSA) is 74.7 Å². The van der Waals surface area contributed by atoms with Crippen LogP contribution in [-0.2, 0) is 16.6 Å². The zero-order valence-corrected chi connectivity index (χ0v) is 17.7. The maximum atomic E-state index is 13.2. The van der Waals surface area contributed by atoms with Crippen molar-refractivity contribution in [2.24, 2.45) is 5.92 Å². The van der Waals surface area contributed by atoms with Gasteiger partial charge in [0.25, 0.3) is 0 Å². The van der Waals surface area contributed by atoms with E-state index in [1.165, 1.54) is 4.31 Å². The molecule has 0 aliphatic carbocycles. The number of rotatable bonds is 5. The van der Waals surface area contributed by atoms with Crippen LogP contribution in [0.25, 0.3) is 10.9 Å². The Hall–Kier alpha value is -2.06. The summed E-state index contributed by atoms with van der Waals surface area (Å²) in [6.07, 6.45) is 2.60. The zero-order valence-electron chi connectivity index (χ0n) is 16.9. The van der Waals surface area contributed by atoms with Gasteiger partial charge in [0.05, 0.1) is 4.90 Å². The maximum Gasteiger partial charge on any atom is 0.317 e. The Morgan fingerprint density at radius 2 is 1.93 bits per heavy atom. The Bertz CT molecular complexity index is 936. The summed E-state index contributed by atoms with van der Waals surface area (Å²) in [4.78, 5) is 14.3. The number of hydrogen-bond donors (Lipinski definition) is 1. The number of benzene rings is 1. The normalized spacial score (nSPS) is 16.5. The number of hydrogen-bond acceptors (Lipinski definition) is 3. The van der Waals surface area contributed by atoms with E-state index in [4.69, 9.17) is 0 Å². The first-order chi connectivity index (χ1) is 13.3. The molecule has 7 nitrogen and oxygen atoms in total. The lowest BCUT2D eigenvalue weighted by atomic mass is 10.2. The van der Waals surface area contributed by atoms with E-state index in [0.717, 1.165) is 17.4 Å². The fourth-order valence-electron chi connectivity index (χ4n) is 3.50. The van der Waals surface area contributed by atoms with E-state index in [1.54, 1.807) is 17.0 Å². The number of amides is 2. The lowest BCUT2D eigenvalue weighted by Gasteiger charge is -2.22. The summed E-state index contributed by atoms with van der Waals surface area (Å²) >= 11 is 0. The number of nitrogens with one attached hydrogen (secondary N) is 1. The second-order valence-electron chi connectivity index (χ2n) is 7.65. The van der Waals surface area contributed by atoms with Crippen molar-refractivity contribution in [3.63, 3.8) is 0 Å². The largest absolute Gasteiger partial charge is 0.348 e. The molecule has 3 rings (SSSR count). The Balaban J connectivity index is 1.73. The van der Waals surface area contributed by atoms with Crippen LogP contribution in [0, 0.1) is 5.92 Å². The smallest absolute Gasteiger partial charge is 0.317 e. The predicted molar refractivity (Wildman–Crippen MR) is 111 cm³/mol. The molecule has 1 saturated heterocycles. The standard InChI is InChI=1S/C20H30N4O3S/c1-4-22-11-8-17-14-18(6-7-19(17)22)28(26,27)24-10-5-9-23(12-13-24)20(25)21-15-16(2)3/h6-8,11,14,16H,4-5,9-10,12-13,15H2,1-3H3,(H,21,25). The molecule has 1 aliphatic heterocycles. The second-order valence-corrected chi connectivity index (χ2v) is 9.58. The first-order valence-corrected chi connectivity index (χ1v) is 11.4. The minimum absolute atomic E-state index is 0.115. The first-order valence-electron chi connectivity index (χ1n) is 9.94. The lowest BCUT2D eigenvalue weighted by molar-refractivity contribution is 0.199. The van der Waals surface area contributed by atoms with Gasteiger partial charge in [-0.2, -0.15) is 4.31 Å². The Labute approximate surface area is 167 Å². The fraction of sp³-hybridized carbons (Fsp3) is 0.550. The Kier molecular flexibility index (Phi) is 6.30. The average molecular weight is 407 g/mol. The van der Waals surface area contributed by atoms with Gasteiger partial charge in [-0.1, -0.05) is 13.8 Å². The molecule has 8 heteroatoms. The van der Waals surface area contributed by atoms with E-state index in [1.807, 2.05) is 32.2 Å². The van der Waals surface area contributed by atoms with Crippen molar-refractivity contribution < 1.29 is 13.2 Å². The van der Waals surface area contributed by atoms with Gasteiger partial charge in [-0.05, 0) is 43.5 Å². The van der Waals surface area contributed by atoms with E-state index in [-0.39, 0.29) is 6.03 Å². The molecule has 0 spiro atoms. The van der Waals surface area contributed by atoms with Crippen molar-refractivity contribution in [3.8, 4) is 0 Å². The number of carbonyl (C=O) groups is 1. The highest BCUT2D eigenvalue weighted by Crippen LogP contribution is 2.24. The summed E-state index contributed by atoms with van der Waals surface area (Å²) in [6, 6.07) is 7.13. The van der Waals surface area contributed by atoms with E-state index in [9.17, 15) is 13.2 Å². The summed E-state index contributed by atoms with van der Waals surface area (Å²) in [5.41, 5.74) is 1.03. The van der Waals surface area contributed by atoms with Crippen molar-refractivity contribution in [1.29, 1.82) is 0 Å². The second kappa shape index (κ2) is 8.53. The van der Waals surface area contributed by atoms with Crippen LogP contribution < -0.4 is 5.32 Å². The molecule has 2 aromatic rings. The Morgan fingerprint density at radius 1 is 1.14 bits per heavy atom. The third kappa shape index (κ3) is 4.33. The van der Waals surface area contributed by atoms with Crippen LogP contribution >= 0.6 is 0 Å². The zero-order chi connectivity index (χ0) is 20.3. The van der Waals surface area contributed by atoms with E-state index < -0.39 is 10.0 Å². The van der Waals surface area contributed by atoms with Gasteiger partial charge in [0, 0.05) is 56.4 Å². The summed E-state index contributed by atoms with van der Waals surface area (Å²) in [6.45, 7) is 9.31. The number of fused-ring (bicyclic) bond motifs is 1. The van der Waals surface area contributed by atoms with Gasteiger partial charge in [-0.25, -0.2) is 13.2 Å². The molecule has 0 atom stereocenters. The molecule has 0 saturated carbocycles. The van der Waals surface area contributed by atoms with Gasteiger partial charge in [-0.3, -0.25) is 0 Å². The van der Waals surface area contributed by atoms with Crippen LogP contribution in [0.15, 0.2) is 35.4 Å². The molecule has 2 heterocycles. The molecule has 1 aliphatic rings. The van der Waals surface area contributed by atoms with Gasteiger partial charge in [0.1, 0.15) is 0 Å². The number of aryl methyl sites for hydroxylation is 1. The number of sulfonamides is 1. The van der Waals surface area contributed by atoms with Crippen molar-refractivity contribution >= 4 is 27.0 Å². The van der Waals surface area contributed by atoms with Crippen LogP contribution in [-0.4, -0.2) is 60.9 Å². The molecule has 0 bridgehead atoms. The van der Waals surface area contributed by atoms with E-state index >= 15 is 0 Å². The van der Waals surface area contributed by atoms with Crippen molar-refractivity contribution in [2.45, 2.75) is 38.6 Å². The molecule has 1 aromatic carbocycles. The third-order valence-corrected chi connectivity index (χ3v) is 7.02. The Morgan fingerprint density at radius 3 is 2.64 bits per heavy atom. The minimum Gasteiger partial charge on any atom is -0.348 e. The highest BCUT2D eigenvalue weighted by atomic mass is 32.2. The molecule has 1 fully saturated rings. The fourth-order valence-corrected chi connectivity index (χ4v) is 5.01. The monoisotopic (exact) mass is 406 g/mol. The summed E-state index contributed by atoms with van der Waals surface area (Å²) in [5.74, 6) is 0.380. The van der Waals surface area contributed by atoms with Crippen LogP contribution in [0.5, 0.6) is 0 Å². The van der Waals surface area contributed by atoms with E-state index in [0.29, 0.717) is 50.0 Å². The van der Waals surface area contributed by atoms with Crippen LogP contribution in [0.3, 0.4) is 0 Å². The lowest BCUT2D eigenvalue weighted by Crippen LogP contribution is -2.43. The highest BCUT2D eigenvalue weighted by Gasteiger charge is 2.28. The molecule has 0 radical (unpaired) electrons. The molecular weight excluding hydrogens is 376 g/mol. The molecule has 28 heavy (non-hydrogen) atoms. The highest BCUT2D eigenvalue weighted by molar-refractivity contribution is 7.89. The van der Waals surface area contributed by atoms with Crippen LogP contribution in [0.4, 0.5) is 4.79 Å². The summed E-state index contributed by atoms with van der Waals surface area (Å²) in [5, 5.41) is 3.83. The summed E-state index contributed by atoms with van der Waals surface area (Å²) < 4.78 is 29.9. The van der Waals surface area contributed by atoms with Gasteiger partial charge in [0.2, 0.25) is 10.0 Å². The molecule has 1 aromatic heterocycles. The molecule has 154 valence electrons. The quantitative estimate of drug-likeness (QED) is 0.830. The van der Waals surface area contributed by atoms with Gasteiger partial charge in [-0.15, -0.1) is 0 Å². The van der Waals surface area contributed by atoms with Crippen molar-refractivity contribution in [1.82, 2.24) is 19.1 Å². The van der Waals surface area contributed by atoms with E-state index in [2.05, 4.69) is 16.8 Å². The van der Waals surface area contributed by atoms with Crippen LogP contribution in [0.2, 0.25) is 0 Å². The molecule has 2 amide bonds. The average Bonchev–Trinajstić information content (AvgIpc) is 2.91. The first kappa shape index (κ1) is 20.7. The maximum absolute atomic E-state index is 13.2. The van der Waals surface area contributed by atoms with Crippen molar-refractivity contribution in [3.05, 3.63) is 30.5 Å². The van der Waals surface area contributed by atoms with Crippen LogP contribution in [0.1, 0.15) is 27.2 Å². The number of carbonyl (C=O) groups excluding carboxylic acids is 1. The van der Waals surface area contributed by atoms with Gasteiger partial charge < -0.3 is 14.8 Å². The SMILES string of the molecule is CCn1ccc2cc(S(=O)(=O)N3CCCN(C(=O)NCC(C)C)CC3)ccc21. The molecule has 1 N–H and O–H groups in total.